The Hall–Kier alpha value is -1.72. The lowest BCUT2D eigenvalue weighted by atomic mass is 9.68. The Balaban J connectivity index is 1.48. The molecule has 25 heavy (non-hydrogen) atoms. The number of hydrogen-bond donors (Lipinski definition) is 2. The van der Waals surface area contributed by atoms with E-state index in [4.69, 9.17) is 9.72 Å². The highest BCUT2D eigenvalue weighted by Gasteiger charge is 2.48. The van der Waals surface area contributed by atoms with Crippen LogP contribution in [0.25, 0.3) is 0 Å². The van der Waals surface area contributed by atoms with Gasteiger partial charge in [-0.15, -0.1) is 0 Å². The summed E-state index contributed by atoms with van der Waals surface area (Å²) in [5.74, 6) is 0. The van der Waals surface area contributed by atoms with Gasteiger partial charge in [-0.3, -0.25) is 10.1 Å². The van der Waals surface area contributed by atoms with Crippen LogP contribution in [0.15, 0.2) is 36.8 Å². The summed E-state index contributed by atoms with van der Waals surface area (Å²) in [6.07, 6.45) is 14.1. The van der Waals surface area contributed by atoms with Crippen LogP contribution in [-0.4, -0.2) is 33.9 Å². The molecule has 2 N–H and O–H groups in total. The molecule has 0 amide bonds. The van der Waals surface area contributed by atoms with E-state index in [1.807, 2.05) is 24.7 Å². The molecular formula is C20H28N4O. The molecule has 1 atom stereocenters. The van der Waals surface area contributed by atoms with E-state index in [9.17, 15) is 0 Å². The van der Waals surface area contributed by atoms with Crippen molar-refractivity contribution in [2.75, 3.05) is 13.2 Å². The minimum atomic E-state index is 0.0975. The average Bonchev–Trinajstić information content (AvgIpc) is 3.32. The maximum Gasteiger partial charge on any atom is 0.0691 e. The van der Waals surface area contributed by atoms with Crippen molar-refractivity contribution in [3.05, 3.63) is 48.0 Å². The van der Waals surface area contributed by atoms with E-state index in [1.165, 1.54) is 36.9 Å². The molecule has 4 rings (SSSR count). The zero-order chi connectivity index (χ0) is 17.0. The number of ether oxygens (including phenoxy) is 1. The summed E-state index contributed by atoms with van der Waals surface area (Å²) in [7, 11) is 0. The van der Waals surface area contributed by atoms with Crippen molar-refractivity contribution in [3.63, 3.8) is 0 Å². The summed E-state index contributed by atoms with van der Waals surface area (Å²) in [4.78, 5) is 4.76. The third kappa shape index (κ3) is 3.62. The third-order valence-corrected chi connectivity index (χ3v) is 6.04. The lowest BCUT2D eigenvalue weighted by Gasteiger charge is -2.46. The molecule has 1 saturated heterocycles. The minimum absolute atomic E-state index is 0.0975. The second kappa shape index (κ2) is 7.26. The number of rotatable bonds is 6. The van der Waals surface area contributed by atoms with E-state index in [2.05, 4.69) is 27.6 Å². The molecule has 0 aromatic carbocycles. The van der Waals surface area contributed by atoms with E-state index in [-0.39, 0.29) is 11.0 Å². The van der Waals surface area contributed by atoms with Crippen LogP contribution in [0.4, 0.5) is 0 Å². The van der Waals surface area contributed by atoms with Crippen LogP contribution in [0.5, 0.6) is 0 Å². The second-order valence-electron chi connectivity index (χ2n) is 7.69. The van der Waals surface area contributed by atoms with Gasteiger partial charge in [-0.25, -0.2) is 0 Å². The molecule has 2 aromatic rings. The van der Waals surface area contributed by atoms with Gasteiger partial charge in [0.2, 0.25) is 0 Å². The van der Waals surface area contributed by atoms with Crippen molar-refractivity contribution < 1.29 is 4.74 Å². The number of nitrogens with zero attached hydrogens (tertiary/aromatic N) is 2. The fraction of sp³-hybridized carbons (Fsp3) is 0.600. The SMILES string of the molecule is c1ccc(C2(CCNCc3cn[nH]c3)CCOC3(CCCC3)C2)nc1. The summed E-state index contributed by atoms with van der Waals surface area (Å²) in [5, 5.41) is 10.5. The molecule has 1 unspecified atom stereocenters. The molecule has 1 aliphatic carbocycles. The predicted molar refractivity (Wildman–Crippen MR) is 97.2 cm³/mol. The number of aromatic nitrogens is 3. The summed E-state index contributed by atoms with van der Waals surface area (Å²) in [6.45, 7) is 2.70. The molecule has 134 valence electrons. The molecule has 1 aliphatic heterocycles. The zero-order valence-corrected chi connectivity index (χ0v) is 14.8. The predicted octanol–water partition coefficient (Wildman–Crippen LogP) is 3.35. The number of aromatic amines is 1. The molecule has 0 bridgehead atoms. The Labute approximate surface area is 149 Å². The normalized spacial score (nSPS) is 25.4. The zero-order valence-electron chi connectivity index (χ0n) is 14.8. The Bertz CT molecular complexity index is 652. The molecule has 2 fully saturated rings. The largest absolute Gasteiger partial charge is 0.375 e. The van der Waals surface area contributed by atoms with Gasteiger partial charge in [-0.2, -0.15) is 5.10 Å². The first-order valence-corrected chi connectivity index (χ1v) is 9.54. The van der Waals surface area contributed by atoms with Crippen molar-refractivity contribution >= 4 is 0 Å². The van der Waals surface area contributed by atoms with Gasteiger partial charge < -0.3 is 10.1 Å². The van der Waals surface area contributed by atoms with Crippen molar-refractivity contribution in [2.45, 2.75) is 62.5 Å². The van der Waals surface area contributed by atoms with Crippen LogP contribution in [0.1, 0.15) is 56.2 Å². The minimum Gasteiger partial charge on any atom is -0.375 e. The van der Waals surface area contributed by atoms with E-state index < -0.39 is 0 Å². The van der Waals surface area contributed by atoms with Gasteiger partial charge in [0.15, 0.2) is 0 Å². The Morgan fingerprint density at radius 2 is 2.12 bits per heavy atom. The van der Waals surface area contributed by atoms with Gasteiger partial charge in [-0.1, -0.05) is 18.9 Å². The van der Waals surface area contributed by atoms with Crippen molar-refractivity contribution in [1.82, 2.24) is 20.5 Å². The molecule has 5 nitrogen and oxygen atoms in total. The molecule has 1 saturated carbocycles. The van der Waals surface area contributed by atoms with Gasteiger partial charge in [0.25, 0.3) is 0 Å². The fourth-order valence-corrected chi connectivity index (χ4v) is 4.73. The van der Waals surface area contributed by atoms with Crippen LogP contribution in [0, 0.1) is 0 Å². The highest BCUT2D eigenvalue weighted by atomic mass is 16.5. The molecule has 2 aromatic heterocycles. The number of hydrogen-bond acceptors (Lipinski definition) is 4. The summed E-state index contributed by atoms with van der Waals surface area (Å²) >= 11 is 0. The fourth-order valence-electron chi connectivity index (χ4n) is 4.73. The van der Waals surface area contributed by atoms with Crippen LogP contribution >= 0.6 is 0 Å². The van der Waals surface area contributed by atoms with E-state index in [1.54, 1.807) is 0 Å². The van der Waals surface area contributed by atoms with Gasteiger partial charge in [0.05, 0.1) is 11.8 Å². The molecule has 0 radical (unpaired) electrons. The van der Waals surface area contributed by atoms with E-state index in [0.717, 1.165) is 39.0 Å². The topological polar surface area (TPSA) is 62.8 Å². The van der Waals surface area contributed by atoms with Gasteiger partial charge in [0, 0.05) is 42.2 Å². The first kappa shape index (κ1) is 16.7. The van der Waals surface area contributed by atoms with E-state index >= 15 is 0 Å². The number of nitrogens with one attached hydrogen (secondary N) is 2. The van der Waals surface area contributed by atoms with Gasteiger partial charge in [0.1, 0.15) is 0 Å². The van der Waals surface area contributed by atoms with Crippen molar-refractivity contribution in [1.29, 1.82) is 0 Å². The molecule has 2 aliphatic rings. The standard InChI is InChI=1S/C20H28N4O/c1-4-10-22-18(5-1)19(8-11-21-13-17-14-23-24-15-17)9-12-25-20(16-19)6-2-3-7-20/h1,4-5,10,14-15,21H,2-3,6-9,11-13,16H2,(H,23,24). The first-order chi connectivity index (χ1) is 12.3. The van der Waals surface area contributed by atoms with Crippen molar-refractivity contribution in [2.24, 2.45) is 0 Å². The quantitative estimate of drug-likeness (QED) is 0.792. The third-order valence-electron chi connectivity index (χ3n) is 6.04. The van der Waals surface area contributed by atoms with Crippen molar-refractivity contribution in [3.8, 4) is 0 Å². The molecule has 5 heteroatoms. The van der Waals surface area contributed by atoms with Gasteiger partial charge in [-0.05, 0) is 50.8 Å². The van der Waals surface area contributed by atoms with Crippen LogP contribution in [0.3, 0.4) is 0 Å². The molecule has 1 spiro atoms. The van der Waals surface area contributed by atoms with Crippen LogP contribution < -0.4 is 5.32 Å². The number of pyridine rings is 1. The monoisotopic (exact) mass is 340 g/mol. The van der Waals surface area contributed by atoms with E-state index in [0.29, 0.717) is 0 Å². The number of H-pyrrole nitrogens is 1. The lowest BCUT2D eigenvalue weighted by molar-refractivity contribution is -0.104. The first-order valence-electron chi connectivity index (χ1n) is 9.54. The summed E-state index contributed by atoms with van der Waals surface area (Å²) in [5.41, 5.74) is 2.67. The average molecular weight is 340 g/mol. The van der Waals surface area contributed by atoms with Crippen LogP contribution in [-0.2, 0) is 16.7 Å². The van der Waals surface area contributed by atoms with Crippen LogP contribution in [0.2, 0.25) is 0 Å². The molecular weight excluding hydrogens is 312 g/mol. The maximum absolute atomic E-state index is 6.31. The Morgan fingerprint density at radius 3 is 2.88 bits per heavy atom. The highest BCUT2D eigenvalue weighted by molar-refractivity contribution is 5.20. The highest BCUT2D eigenvalue weighted by Crippen LogP contribution is 2.49. The Kier molecular flexibility index (Phi) is 4.86. The lowest BCUT2D eigenvalue weighted by Crippen LogP contribution is -2.47. The Morgan fingerprint density at radius 1 is 1.20 bits per heavy atom. The summed E-state index contributed by atoms with van der Waals surface area (Å²) < 4.78 is 6.31. The smallest absolute Gasteiger partial charge is 0.0691 e. The second-order valence-corrected chi connectivity index (χ2v) is 7.69. The maximum atomic E-state index is 6.31. The molecule has 3 heterocycles. The summed E-state index contributed by atoms with van der Waals surface area (Å²) in [6, 6.07) is 6.35. The van der Waals surface area contributed by atoms with Gasteiger partial charge >= 0.3 is 0 Å².